The Bertz CT molecular complexity index is 4560. The van der Waals surface area contributed by atoms with Crippen LogP contribution in [-0.2, 0) is 19.2 Å². The molecular formula is C95H105NO8. The Labute approximate surface area is 618 Å². The van der Waals surface area contributed by atoms with E-state index >= 15 is 0 Å². The van der Waals surface area contributed by atoms with Crippen molar-refractivity contribution in [2.75, 3.05) is 0 Å². The zero-order chi connectivity index (χ0) is 76.0. The highest BCUT2D eigenvalue weighted by Gasteiger charge is 2.68. The van der Waals surface area contributed by atoms with E-state index in [-0.39, 0.29) is 67.3 Å². The molecule has 0 heterocycles. The summed E-state index contributed by atoms with van der Waals surface area (Å²) in [7, 11) is 0. The summed E-state index contributed by atoms with van der Waals surface area (Å²) in [4.78, 5) is 76.5. The Balaban J connectivity index is 0.000000146. The van der Waals surface area contributed by atoms with E-state index in [1.165, 1.54) is 36.6 Å². The molecule has 0 aromatic heterocycles. The molecule has 9 nitrogen and oxygen atoms in total. The lowest BCUT2D eigenvalue weighted by Crippen LogP contribution is -2.37. The van der Waals surface area contributed by atoms with Gasteiger partial charge in [-0.2, -0.15) is 0 Å². The van der Waals surface area contributed by atoms with Crippen LogP contribution in [0.1, 0.15) is 198 Å². The van der Waals surface area contributed by atoms with E-state index < -0.39 is 6.04 Å². The Hall–Kier alpha value is -9.91. The number of benzene rings is 8. The van der Waals surface area contributed by atoms with Crippen molar-refractivity contribution in [2.24, 2.45) is 62.1 Å². The highest BCUT2D eigenvalue weighted by Crippen LogP contribution is 2.70. The molecule has 9 heteroatoms. The first-order chi connectivity index (χ1) is 49.0. The number of Topliss-reactive ketones (excluding diaryl/α,β-unsaturated/α-hetero) is 5. The van der Waals surface area contributed by atoms with E-state index in [1.807, 2.05) is 79.7 Å². The quantitative estimate of drug-likeness (QED) is 0.0782. The molecule has 8 aromatic carbocycles. The van der Waals surface area contributed by atoms with Crippen LogP contribution in [0.15, 0.2) is 223 Å². The van der Waals surface area contributed by atoms with E-state index in [4.69, 9.17) is 11.7 Å². The minimum Gasteiger partial charge on any atom is -0.507 e. The lowest BCUT2D eigenvalue weighted by molar-refractivity contribution is -0.128. The number of hydrogen-bond acceptors (Lipinski definition) is 8. The highest BCUT2D eigenvalue weighted by atomic mass is 16.3. The number of allylic oxidation sites excluding steroid dienone is 3. The summed E-state index contributed by atoms with van der Waals surface area (Å²) in [5.41, 5.74) is 14.4. The van der Waals surface area contributed by atoms with Crippen molar-refractivity contribution in [3.05, 3.63) is 301 Å². The standard InChI is InChI=1S/2C19H24O.C18H22O.C17H15NO.C14H12O2.C8H8O2/c1-12-6-8-14(9-7-12)10-15-16-13(2)11-19(5,17(15)20)18(16,3)4;1-12-6-8-14(9-7-12)11-15-16-10-13(2)19(5,17(15)20)18(16,3)4;1-12-5-7-13(8-6-12)11-14-15-9-10-18(4,16(14)19)17(15,2)3;1-13(19)17(18-2)16(14-9-5-3-6-10-14)15-11-7-4-8-12-15;1-10-7-8-12(13(15)9-10)14(16)11-5-3-2-4-6-11;1-6(9)7-4-2-3-5-8(7)10/h6-10,13,16H,11H2,1-5H3;6-9,11,13,16H,10H2,1-5H3;5-8,11,15H,9-10H2,1-4H3;3-12,16-17H,1H3;2-9,15H,1H3;2-5,10H,1H3/b15-10-;15-11-;14-11-;;;. The number of fused-ring (bicyclic) bond motifs is 6. The zero-order valence-corrected chi connectivity index (χ0v) is 64.0. The summed E-state index contributed by atoms with van der Waals surface area (Å²) >= 11 is 0. The molecule has 104 heavy (non-hydrogen) atoms. The maximum absolute atomic E-state index is 12.9. The van der Waals surface area contributed by atoms with E-state index in [0.717, 1.165) is 75.8 Å². The molecule has 6 aliphatic carbocycles. The second-order valence-corrected chi connectivity index (χ2v) is 32.3. The summed E-state index contributed by atoms with van der Waals surface area (Å²) in [6.45, 7) is 43.0. The molecule has 9 atom stereocenters. The summed E-state index contributed by atoms with van der Waals surface area (Å²) in [6, 6.07) is 64.7. The Morgan fingerprint density at radius 1 is 0.481 bits per heavy atom. The van der Waals surface area contributed by atoms with E-state index in [0.29, 0.717) is 63.6 Å². The molecule has 0 amide bonds. The number of ketones is 6. The average molecular weight is 1390 g/mol. The van der Waals surface area contributed by atoms with Crippen molar-refractivity contribution in [3.8, 4) is 11.5 Å². The molecule has 8 aromatic rings. The maximum atomic E-state index is 12.9. The average Bonchev–Trinajstić information content (AvgIpc) is 1.53. The van der Waals surface area contributed by atoms with Crippen LogP contribution >= 0.6 is 0 Å². The molecule has 9 unspecified atom stereocenters. The highest BCUT2D eigenvalue weighted by molar-refractivity contribution is 6.11. The number of phenolic OH excluding ortho intramolecular Hbond substituents is 2. The van der Waals surface area contributed by atoms with Gasteiger partial charge in [-0.15, -0.1) is 0 Å². The van der Waals surface area contributed by atoms with E-state index in [9.17, 15) is 33.9 Å². The number of hydrogen-bond donors (Lipinski definition) is 2. The van der Waals surface area contributed by atoms with Crippen LogP contribution in [0, 0.1) is 96.3 Å². The third-order valence-electron chi connectivity index (χ3n) is 25.0. The molecule has 6 bridgehead atoms. The van der Waals surface area contributed by atoms with Crippen LogP contribution < -0.4 is 0 Å². The predicted octanol–water partition coefficient (Wildman–Crippen LogP) is 21.9. The second-order valence-electron chi connectivity index (χ2n) is 32.3. The number of rotatable bonds is 10. The molecule has 6 saturated carbocycles. The lowest BCUT2D eigenvalue weighted by atomic mass is 9.66. The molecule has 14 rings (SSSR count). The fourth-order valence-corrected chi connectivity index (χ4v) is 17.6. The normalized spacial score (nSPS) is 25.0. The number of para-hydroxylation sites is 1. The lowest BCUT2D eigenvalue weighted by Gasteiger charge is -2.35. The molecule has 6 aliphatic rings. The predicted molar refractivity (Wildman–Crippen MR) is 422 cm³/mol. The zero-order valence-electron chi connectivity index (χ0n) is 64.0. The summed E-state index contributed by atoms with van der Waals surface area (Å²) < 4.78 is 0. The van der Waals surface area contributed by atoms with Gasteiger partial charge in [0.1, 0.15) is 11.5 Å². The van der Waals surface area contributed by atoms with Crippen molar-refractivity contribution in [2.45, 2.75) is 155 Å². The Morgan fingerprint density at radius 3 is 1.31 bits per heavy atom. The van der Waals surface area contributed by atoms with Crippen molar-refractivity contribution in [1.82, 2.24) is 0 Å². The van der Waals surface area contributed by atoms with Gasteiger partial charge in [-0.25, -0.2) is 6.57 Å². The number of carbonyl (C=O) groups excluding carboxylic acids is 6. The monoisotopic (exact) mass is 1390 g/mol. The molecular weight excluding hydrogens is 1280 g/mol. The molecule has 0 saturated heterocycles. The first kappa shape index (κ1) is 78.2. The third kappa shape index (κ3) is 15.5. The van der Waals surface area contributed by atoms with Gasteiger partial charge in [-0.3, -0.25) is 28.8 Å². The fraction of sp³-hybridized carbons (Fsp3) is 0.358. The van der Waals surface area contributed by atoms with Crippen molar-refractivity contribution < 1.29 is 39.0 Å². The number of aromatic hydroxyl groups is 2. The molecule has 0 spiro atoms. The second kappa shape index (κ2) is 31.6. The number of aryl methyl sites for hydroxylation is 4. The number of phenols is 2. The first-order valence-electron chi connectivity index (χ1n) is 36.7. The van der Waals surface area contributed by atoms with Crippen LogP contribution in [0.3, 0.4) is 0 Å². The summed E-state index contributed by atoms with van der Waals surface area (Å²) in [5, 5.41) is 18.8. The fourth-order valence-electron chi connectivity index (χ4n) is 17.6. The Morgan fingerprint density at radius 2 is 0.913 bits per heavy atom. The van der Waals surface area contributed by atoms with E-state index in [2.05, 4.69) is 193 Å². The molecule has 6 fully saturated rings. The van der Waals surface area contributed by atoms with Crippen molar-refractivity contribution in [3.63, 3.8) is 0 Å². The van der Waals surface area contributed by atoms with Crippen LogP contribution in [0.5, 0.6) is 11.5 Å². The third-order valence-corrected chi connectivity index (χ3v) is 25.0. The van der Waals surface area contributed by atoms with Gasteiger partial charge >= 0.3 is 0 Å². The van der Waals surface area contributed by atoms with Gasteiger partial charge in [0, 0.05) is 34.3 Å². The van der Waals surface area contributed by atoms with Gasteiger partial charge in [0.05, 0.1) is 17.0 Å². The van der Waals surface area contributed by atoms with Crippen molar-refractivity contribution in [1.29, 1.82) is 0 Å². The van der Waals surface area contributed by atoms with Crippen LogP contribution in [0.25, 0.3) is 23.1 Å². The summed E-state index contributed by atoms with van der Waals surface area (Å²) in [5.74, 6) is 3.02. The molecule has 0 aliphatic heterocycles. The largest absolute Gasteiger partial charge is 0.507 e. The van der Waals surface area contributed by atoms with Gasteiger partial charge < -0.3 is 15.1 Å². The molecule has 2 N–H and O–H groups in total. The molecule has 0 radical (unpaired) electrons. The maximum Gasteiger partial charge on any atom is 0.291 e. The Kier molecular flexibility index (Phi) is 23.8. The minimum absolute atomic E-state index is 0.0360. The van der Waals surface area contributed by atoms with Gasteiger partial charge in [-0.05, 0) is 193 Å². The van der Waals surface area contributed by atoms with Gasteiger partial charge in [0.25, 0.3) is 6.04 Å². The molecule has 538 valence electrons. The SMILES string of the molecule is CC(=O)c1ccccc1O.Cc1ccc(/C=C2\C(=O)C3(C)C(C)CC2C3(C)C)cc1.Cc1ccc(/C=C2\C(=O)C3(C)CC(C)C2C3(C)C)cc1.Cc1ccc(/C=C2\C(=O)C3(C)CCC2C3(C)C)cc1.Cc1ccc(C(=O)c2ccccc2)c(O)c1.[C-]#[N+]C(C(C)=O)C(c1ccccc1)c1ccccc1. The van der Waals surface area contributed by atoms with E-state index in [1.54, 1.807) is 54.6 Å². The first-order valence-corrected chi connectivity index (χ1v) is 36.7. The van der Waals surface area contributed by atoms with Gasteiger partial charge in [0.15, 0.2) is 28.9 Å². The topological polar surface area (TPSA) is 147 Å². The van der Waals surface area contributed by atoms with Gasteiger partial charge in [-0.1, -0.05) is 275 Å². The number of nitrogens with zero attached hydrogens (tertiary/aromatic N) is 1. The number of carbonyl (C=O) groups is 6. The smallest absolute Gasteiger partial charge is 0.291 e. The van der Waals surface area contributed by atoms with Crippen molar-refractivity contribution >= 4 is 52.9 Å². The van der Waals surface area contributed by atoms with Crippen LogP contribution in [-0.4, -0.2) is 51.0 Å². The van der Waals surface area contributed by atoms with Gasteiger partial charge in [0.2, 0.25) is 5.78 Å². The van der Waals surface area contributed by atoms with Crippen LogP contribution in [0.2, 0.25) is 0 Å². The summed E-state index contributed by atoms with van der Waals surface area (Å²) in [6.07, 6.45) is 10.8. The van der Waals surface area contributed by atoms with Crippen LogP contribution in [0.4, 0.5) is 0 Å². The minimum atomic E-state index is -0.662.